The van der Waals surface area contributed by atoms with Crippen LogP contribution in [0.2, 0.25) is 0 Å². The highest BCUT2D eigenvalue weighted by Gasteiger charge is 2.49. The molecule has 8 nitrogen and oxygen atoms in total. The van der Waals surface area contributed by atoms with Crippen LogP contribution in [-0.4, -0.2) is 71.2 Å². The number of rotatable bonds is 8. The van der Waals surface area contributed by atoms with Crippen molar-refractivity contribution in [1.82, 2.24) is 10.3 Å². The topological polar surface area (TPSA) is 97.5 Å². The highest BCUT2D eigenvalue weighted by atomic mass is 16.6. The molecule has 3 saturated heterocycles. The number of carbonyl (C=O) groups is 3. The molecule has 2 N–H and O–H groups in total. The third kappa shape index (κ3) is 6.33. The third-order valence-corrected chi connectivity index (χ3v) is 7.96. The Morgan fingerprint density at radius 2 is 1.72 bits per heavy atom. The molecule has 0 aliphatic carbocycles. The molecule has 6 rings (SSSR count). The Morgan fingerprint density at radius 1 is 1.03 bits per heavy atom. The molecule has 3 aliphatic rings. The van der Waals surface area contributed by atoms with Gasteiger partial charge in [-0.3, -0.25) is 4.79 Å². The number of ketones is 1. The molecule has 8 heteroatoms. The van der Waals surface area contributed by atoms with Crippen molar-refractivity contribution in [2.75, 3.05) is 26.2 Å². The van der Waals surface area contributed by atoms with Crippen LogP contribution >= 0.6 is 0 Å². The summed E-state index contributed by atoms with van der Waals surface area (Å²) in [5, 5.41) is 3.76. The van der Waals surface area contributed by atoms with E-state index in [1.807, 2.05) is 60.8 Å². The van der Waals surface area contributed by atoms with Gasteiger partial charge in [-0.25, -0.2) is 9.59 Å². The van der Waals surface area contributed by atoms with E-state index in [1.54, 1.807) is 20.8 Å². The number of para-hydroxylation sites is 1. The summed E-state index contributed by atoms with van der Waals surface area (Å²) in [7, 11) is 0. The Kier molecular flexibility index (Phi) is 7.49. The first-order valence-electron chi connectivity index (χ1n) is 13.8. The molecule has 1 aromatic heterocycles. The maximum absolute atomic E-state index is 13.6. The molecule has 206 valence electrons. The Morgan fingerprint density at radius 3 is 2.44 bits per heavy atom. The highest BCUT2D eigenvalue weighted by Crippen LogP contribution is 2.36. The van der Waals surface area contributed by atoms with Crippen molar-refractivity contribution in [2.24, 2.45) is 5.92 Å². The van der Waals surface area contributed by atoms with Gasteiger partial charge in [0.15, 0.2) is 6.10 Å². The number of nitrogens with zero attached hydrogens (tertiary/aromatic N) is 1. The van der Waals surface area contributed by atoms with Crippen LogP contribution < -0.4 is 5.32 Å². The van der Waals surface area contributed by atoms with Gasteiger partial charge < -0.3 is 24.3 Å². The third-order valence-electron chi connectivity index (χ3n) is 7.96. The van der Waals surface area contributed by atoms with Crippen molar-refractivity contribution in [2.45, 2.75) is 57.8 Å². The minimum atomic E-state index is -0.908. The van der Waals surface area contributed by atoms with Gasteiger partial charge in [0.1, 0.15) is 24.7 Å². The van der Waals surface area contributed by atoms with Crippen LogP contribution in [0.25, 0.3) is 10.9 Å². The summed E-state index contributed by atoms with van der Waals surface area (Å²) in [6, 6.07) is 16.3. The fourth-order valence-corrected chi connectivity index (χ4v) is 5.99. The second-order valence-electron chi connectivity index (χ2n) is 12.0. The Bertz CT molecular complexity index is 1340. The number of H-pyrrole nitrogens is 1. The monoisotopic (exact) mass is 532 g/mol. The largest absolute Gasteiger partial charge is 0.455 e. The number of alkyl carbamates (subject to hydrolysis) is 1. The molecule has 3 fully saturated rings. The van der Waals surface area contributed by atoms with E-state index >= 15 is 0 Å². The zero-order valence-electron chi connectivity index (χ0n) is 22.9. The minimum absolute atomic E-state index is 0.116. The number of benzene rings is 2. The van der Waals surface area contributed by atoms with Gasteiger partial charge in [0.05, 0.1) is 13.1 Å². The molecule has 2 bridgehead atoms. The maximum atomic E-state index is 13.6. The summed E-state index contributed by atoms with van der Waals surface area (Å²) >= 11 is 0. The van der Waals surface area contributed by atoms with E-state index in [9.17, 15) is 14.4 Å². The van der Waals surface area contributed by atoms with Crippen LogP contribution in [0.4, 0.5) is 4.79 Å². The summed E-state index contributed by atoms with van der Waals surface area (Å²) < 4.78 is 12.2. The van der Waals surface area contributed by atoms with Gasteiger partial charge in [0, 0.05) is 47.8 Å². The molecule has 4 heterocycles. The summed E-state index contributed by atoms with van der Waals surface area (Å²) in [4.78, 5) is 42.6. The fourth-order valence-electron chi connectivity index (χ4n) is 5.99. The summed E-state index contributed by atoms with van der Waals surface area (Å²) in [5.74, 6) is -0.0988. The van der Waals surface area contributed by atoms with E-state index in [4.69, 9.17) is 9.47 Å². The smallest absolute Gasteiger partial charge is 0.408 e. The van der Waals surface area contributed by atoms with Crippen LogP contribution in [0, 0.1) is 5.92 Å². The lowest BCUT2D eigenvalue weighted by Gasteiger charge is -2.51. The molecular weight excluding hydrogens is 494 g/mol. The molecule has 3 aliphatic heterocycles. The lowest BCUT2D eigenvalue weighted by atomic mass is 9.82. The first-order chi connectivity index (χ1) is 18.6. The van der Waals surface area contributed by atoms with Crippen LogP contribution in [0.15, 0.2) is 60.8 Å². The molecule has 0 spiro atoms. The number of esters is 1. The van der Waals surface area contributed by atoms with E-state index in [2.05, 4.69) is 10.3 Å². The van der Waals surface area contributed by atoms with Crippen molar-refractivity contribution in [3.8, 4) is 0 Å². The number of quaternary nitrogens is 1. The molecule has 0 saturated carbocycles. The van der Waals surface area contributed by atoms with Crippen molar-refractivity contribution in [3.05, 3.63) is 71.9 Å². The number of aromatic amines is 1. The zero-order chi connectivity index (χ0) is 27.6. The second kappa shape index (κ2) is 10.8. The second-order valence-corrected chi connectivity index (χ2v) is 12.0. The predicted molar refractivity (Wildman–Crippen MR) is 148 cm³/mol. The van der Waals surface area contributed by atoms with E-state index in [0.29, 0.717) is 23.1 Å². The van der Waals surface area contributed by atoms with Crippen molar-refractivity contribution in [3.63, 3.8) is 0 Å². The van der Waals surface area contributed by atoms with Gasteiger partial charge in [-0.15, -0.1) is 0 Å². The molecule has 2 atom stereocenters. The van der Waals surface area contributed by atoms with Gasteiger partial charge >= 0.3 is 12.1 Å². The minimum Gasteiger partial charge on any atom is -0.455 e. The Hall–Kier alpha value is -3.65. The molecule has 0 radical (unpaired) electrons. The summed E-state index contributed by atoms with van der Waals surface area (Å²) in [5.41, 5.74) is 1.89. The van der Waals surface area contributed by atoms with Gasteiger partial charge in [-0.05, 0) is 32.4 Å². The average Bonchev–Trinajstić information content (AvgIpc) is 3.31. The number of aromatic nitrogens is 1. The molecule has 2 aromatic carbocycles. The van der Waals surface area contributed by atoms with Crippen molar-refractivity contribution < 1.29 is 28.3 Å². The number of fused-ring (bicyclic) bond motifs is 4. The number of ether oxygens (including phenoxy) is 2. The van der Waals surface area contributed by atoms with E-state index in [1.165, 1.54) is 0 Å². The molecule has 1 amide bonds. The van der Waals surface area contributed by atoms with Crippen molar-refractivity contribution in [1.29, 1.82) is 0 Å². The maximum Gasteiger partial charge on any atom is 0.408 e. The van der Waals surface area contributed by atoms with Crippen LogP contribution in [-0.2, 0) is 20.7 Å². The molecule has 39 heavy (non-hydrogen) atoms. The van der Waals surface area contributed by atoms with E-state index < -0.39 is 23.7 Å². The van der Waals surface area contributed by atoms with Gasteiger partial charge in [-0.2, -0.15) is 0 Å². The number of carbonyl (C=O) groups excluding carboxylic acids is 3. The number of amides is 1. The molecular formula is C31H38N3O5+. The Balaban J connectivity index is 1.31. The van der Waals surface area contributed by atoms with Crippen molar-refractivity contribution >= 4 is 28.7 Å². The van der Waals surface area contributed by atoms with Gasteiger partial charge in [0.2, 0.25) is 5.78 Å². The summed E-state index contributed by atoms with van der Waals surface area (Å²) in [6.45, 7) is 8.19. The van der Waals surface area contributed by atoms with Crippen LogP contribution in [0.5, 0.6) is 0 Å². The lowest BCUT2D eigenvalue weighted by Crippen LogP contribution is -2.66. The zero-order valence-corrected chi connectivity index (χ0v) is 22.9. The SMILES string of the molecule is CC(C)(C)OC(=O)NC(Cc1c[nH]c2ccccc12)C(=O)O[C@H]1C[N+]2(CC(=O)c3ccccc3)CCC1CC2. The predicted octanol–water partition coefficient (Wildman–Crippen LogP) is 4.64. The Labute approximate surface area is 229 Å². The number of hydrogen-bond acceptors (Lipinski definition) is 5. The van der Waals surface area contributed by atoms with Crippen LogP contribution in [0.1, 0.15) is 49.5 Å². The van der Waals surface area contributed by atoms with E-state index in [-0.39, 0.29) is 24.2 Å². The lowest BCUT2D eigenvalue weighted by molar-refractivity contribution is -0.938. The quantitative estimate of drug-likeness (QED) is 0.250. The number of piperidine rings is 3. The number of hydrogen-bond donors (Lipinski definition) is 2. The number of nitrogens with one attached hydrogen (secondary N) is 2. The number of Topliss-reactive ketones (excluding diaryl/α,β-unsaturated/α-hetero) is 1. The fraction of sp³-hybridized carbons (Fsp3) is 0.452. The van der Waals surface area contributed by atoms with E-state index in [0.717, 1.165) is 42.4 Å². The molecule has 1 unspecified atom stereocenters. The van der Waals surface area contributed by atoms with Gasteiger partial charge in [-0.1, -0.05) is 48.5 Å². The average molecular weight is 533 g/mol. The van der Waals surface area contributed by atoms with Crippen LogP contribution in [0.3, 0.4) is 0 Å². The highest BCUT2D eigenvalue weighted by molar-refractivity contribution is 5.97. The van der Waals surface area contributed by atoms with Gasteiger partial charge in [0.25, 0.3) is 0 Å². The standard InChI is InChI=1S/C31H37N3O5/c1-31(2,3)39-30(37)33-26(17-23-18-32-25-12-8-7-11-24(23)25)29(36)38-28-20-34(15-13-22(28)14-16-34)19-27(35)21-9-5-4-6-10-21/h4-12,18,22,26,28,32H,13-17,19-20H2,1-3H3/p+1/t22?,26?,28-,34?/m0/s1. The first-order valence-corrected chi connectivity index (χ1v) is 13.8. The molecule has 3 aromatic rings. The normalized spacial score (nSPS) is 23.3. The summed E-state index contributed by atoms with van der Waals surface area (Å²) in [6.07, 6.45) is 3.00. The first kappa shape index (κ1) is 26.9.